The van der Waals surface area contributed by atoms with Crippen molar-refractivity contribution >= 4 is 17.3 Å². The quantitative estimate of drug-likeness (QED) is 0.629. The highest BCUT2D eigenvalue weighted by Gasteiger charge is 2.18. The number of esters is 1. The van der Waals surface area contributed by atoms with Gasteiger partial charge in [-0.3, -0.25) is 0 Å². The minimum absolute atomic E-state index is 0.290. The van der Waals surface area contributed by atoms with E-state index in [1.54, 1.807) is 6.07 Å². The molecule has 1 unspecified atom stereocenters. The van der Waals surface area contributed by atoms with Gasteiger partial charge in [-0.05, 0) is 31.0 Å². The SMILES string of the molecule is COC(=O)c1cc(NC2CCOC2)cc(C)c1N. The number of rotatable bonds is 3. The van der Waals surface area contributed by atoms with Crippen molar-refractivity contribution in [3.63, 3.8) is 0 Å². The summed E-state index contributed by atoms with van der Waals surface area (Å²) in [5, 5.41) is 3.34. The number of benzene rings is 1. The first-order valence-corrected chi connectivity index (χ1v) is 5.94. The largest absolute Gasteiger partial charge is 0.465 e. The summed E-state index contributed by atoms with van der Waals surface area (Å²) < 4.78 is 10.0. The number of nitrogen functional groups attached to an aromatic ring is 1. The monoisotopic (exact) mass is 250 g/mol. The Hall–Kier alpha value is -1.75. The number of methoxy groups -OCH3 is 1. The maximum atomic E-state index is 11.6. The second kappa shape index (κ2) is 5.27. The van der Waals surface area contributed by atoms with E-state index in [9.17, 15) is 4.79 Å². The minimum atomic E-state index is -0.415. The normalized spacial score (nSPS) is 18.7. The number of aryl methyl sites for hydroxylation is 1. The lowest BCUT2D eigenvalue weighted by molar-refractivity contribution is 0.0602. The van der Waals surface area contributed by atoms with Crippen LogP contribution in [0.4, 0.5) is 11.4 Å². The van der Waals surface area contributed by atoms with Gasteiger partial charge in [-0.15, -0.1) is 0 Å². The van der Waals surface area contributed by atoms with Crippen LogP contribution in [-0.2, 0) is 9.47 Å². The summed E-state index contributed by atoms with van der Waals surface area (Å²) >= 11 is 0. The molecule has 1 aliphatic rings. The Bertz CT molecular complexity index is 454. The molecule has 98 valence electrons. The molecule has 0 spiro atoms. The number of carbonyl (C=O) groups is 1. The third kappa shape index (κ3) is 2.56. The van der Waals surface area contributed by atoms with Crippen LogP contribution in [0.2, 0.25) is 0 Å². The second-order valence-corrected chi connectivity index (χ2v) is 4.45. The van der Waals surface area contributed by atoms with Crippen molar-refractivity contribution in [2.75, 3.05) is 31.4 Å². The first-order valence-electron chi connectivity index (χ1n) is 5.94. The van der Waals surface area contributed by atoms with Gasteiger partial charge in [0, 0.05) is 18.0 Å². The zero-order valence-corrected chi connectivity index (χ0v) is 10.7. The van der Waals surface area contributed by atoms with Gasteiger partial charge in [0.2, 0.25) is 0 Å². The molecule has 0 bridgehead atoms. The summed E-state index contributed by atoms with van der Waals surface area (Å²) in [6, 6.07) is 3.95. The van der Waals surface area contributed by atoms with Crippen LogP contribution in [0.1, 0.15) is 22.3 Å². The summed E-state index contributed by atoms with van der Waals surface area (Å²) in [5.41, 5.74) is 8.49. The summed E-state index contributed by atoms with van der Waals surface area (Å²) in [7, 11) is 1.35. The van der Waals surface area contributed by atoms with Crippen LogP contribution in [0.3, 0.4) is 0 Å². The number of hydrogen-bond donors (Lipinski definition) is 2. The fourth-order valence-corrected chi connectivity index (χ4v) is 2.04. The van der Waals surface area contributed by atoms with Crippen LogP contribution in [0.15, 0.2) is 12.1 Å². The number of nitrogens with one attached hydrogen (secondary N) is 1. The van der Waals surface area contributed by atoms with Crippen LogP contribution >= 0.6 is 0 Å². The molecule has 1 aliphatic heterocycles. The average Bonchev–Trinajstić information content (AvgIpc) is 2.85. The van der Waals surface area contributed by atoms with Gasteiger partial charge in [-0.25, -0.2) is 4.79 Å². The lowest BCUT2D eigenvalue weighted by Crippen LogP contribution is -2.19. The van der Waals surface area contributed by atoms with Crippen molar-refractivity contribution in [2.45, 2.75) is 19.4 Å². The van der Waals surface area contributed by atoms with Gasteiger partial charge in [-0.1, -0.05) is 0 Å². The van der Waals surface area contributed by atoms with Crippen LogP contribution < -0.4 is 11.1 Å². The molecule has 1 atom stereocenters. The Morgan fingerprint density at radius 1 is 1.56 bits per heavy atom. The van der Waals surface area contributed by atoms with E-state index in [2.05, 4.69) is 5.32 Å². The molecule has 18 heavy (non-hydrogen) atoms. The van der Waals surface area contributed by atoms with Crippen LogP contribution in [0.5, 0.6) is 0 Å². The van der Waals surface area contributed by atoms with E-state index in [-0.39, 0.29) is 0 Å². The maximum Gasteiger partial charge on any atom is 0.340 e. The van der Waals surface area contributed by atoms with Crippen molar-refractivity contribution < 1.29 is 14.3 Å². The van der Waals surface area contributed by atoms with E-state index in [4.69, 9.17) is 15.2 Å². The topological polar surface area (TPSA) is 73.6 Å². The molecule has 1 heterocycles. The Labute approximate surface area is 106 Å². The fraction of sp³-hybridized carbons (Fsp3) is 0.462. The van der Waals surface area contributed by atoms with Gasteiger partial charge in [0.25, 0.3) is 0 Å². The Morgan fingerprint density at radius 2 is 2.33 bits per heavy atom. The van der Waals surface area contributed by atoms with Crippen molar-refractivity contribution in [1.29, 1.82) is 0 Å². The average molecular weight is 250 g/mol. The first-order chi connectivity index (χ1) is 8.61. The Morgan fingerprint density at radius 3 is 2.94 bits per heavy atom. The van der Waals surface area contributed by atoms with Crippen molar-refractivity contribution in [2.24, 2.45) is 0 Å². The zero-order valence-electron chi connectivity index (χ0n) is 10.7. The molecule has 2 rings (SSSR count). The van der Waals surface area contributed by atoms with Gasteiger partial charge >= 0.3 is 5.97 Å². The maximum absolute atomic E-state index is 11.6. The van der Waals surface area contributed by atoms with Crippen LogP contribution in [-0.4, -0.2) is 32.3 Å². The summed E-state index contributed by atoms with van der Waals surface area (Å²) in [4.78, 5) is 11.6. The summed E-state index contributed by atoms with van der Waals surface area (Å²) in [6.07, 6.45) is 0.969. The lowest BCUT2D eigenvalue weighted by Gasteiger charge is -2.15. The van der Waals surface area contributed by atoms with Gasteiger partial charge in [0.15, 0.2) is 0 Å². The molecule has 5 nitrogen and oxygen atoms in total. The number of carbonyl (C=O) groups excluding carboxylic acids is 1. The third-order valence-corrected chi connectivity index (χ3v) is 3.09. The molecule has 0 amide bonds. The predicted octanol–water partition coefficient (Wildman–Crippen LogP) is 1.56. The smallest absolute Gasteiger partial charge is 0.340 e. The van der Waals surface area contributed by atoms with Gasteiger partial charge < -0.3 is 20.5 Å². The van der Waals surface area contributed by atoms with E-state index in [1.807, 2.05) is 13.0 Å². The number of ether oxygens (including phenoxy) is 2. The molecule has 5 heteroatoms. The van der Waals surface area contributed by atoms with E-state index in [1.165, 1.54) is 7.11 Å². The van der Waals surface area contributed by atoms with Crippen molar-refractivity contribution in [3.8, 4) is 0 Å². The van der Waals surface area contributed by atoms with E-state index in [0.717, 1.165) is 24.3 Å². The van der Waals surface area contributed by atoms with Gasteiger partial charge in [0.05, 0.1) is 25.3 Å². The molecule has 1 aromatic carbocycles. The van der Waals surface area contributed by atoms with E-state index in [0.29, 0.717) is 23.9 Å². The predicted molar refractivity (Wildman–Crippen MR) is 69.8 cm³/mol. The van der Waals surface area contributed by atoms with E-state index >= 15 is 0 Å². The van der Waals surface area contributed by atoms with Gasteiger partial charge in [0.1, 0.15) is 0 Å². The zero-order chi connectivity index (χ0) is 13.1. The lowest BCUT2D eigenvalue weighted by atomic mass is 10.1. The molecule has 1 saturated heterocycles. The number of anilines is 2. The third-order valence-electron chi connectivity index (χ3n) is 3.09. The standard InChI is InChI=1S/C13H18N2O3/c1-8-5-10(15-9-3-4-18-7-9)6-11(12(8)14)13(16)17-2/h5-6,9,15H,3-4,7,14H2,1-2H3. The molecule has 0 saturated carbocycles. The molecule has 0 aliphatic carbocycles. The van der Waals surface area contributed by atoms with Crippen LogP contribution in [0, 0.1) is 6.92 Å². The molecule has 1 fully saturated rings. The summed E-state index contributed by atoms with van der Waals surface area (Å²) in [6.45, 7) is 3.34. The fourth-order valence-electron chi connectivity index (χ4n) is 2.04. The molecule has 3 N–H and O–H groups in total. The number of hydrogen-bond acceptors (Lipinski definition) is 5. The molecule has 0 radical (unpaired) electrons. The van der Waals surface area contributed by atoms with E-state index < -0.39 is 5.97 Å². The highest BCUT2D eigenvalue weighted by Crippen LogP contribution is 2.24. The van der Waals surface area contributed by atoms with Crippen molar-refractivity contribution in [1.82, 2.24) is 0 Å². The van der Waals surface area contributed by atoms with Crippen LogP contribution in [0.25, 0.3) is 0 Å². The Balaban J connectivity index is 2.25. The minimum Gasteiger partial charge on any atom is -0.465 e. The highest BCUT2D eigenvalue weighted by molar-refractivity contribution is 5.97. The number of nitrogens with two attached hydrogens (primary N) is 1. The molecular weight excluding hydrogens is 232 g/mol. The van der Waals surface area contributed by atoms with Gasteiger partial charge in [-0.2, -0.15) is 0 Å². The second-order valence-electron chi connectivity index (χ2n) is 4.45. The first kappa shape index (κ1) is 12.7. The highest BCUT2D eigenvalue weighted by atomic mass is 16.5. The molecular formula is C13H18N2O3. The Kier molecular flexibility index (Phi) is 3.72. The summed E-state index contributed by atoms with van der Waals surface area (Å²) in [5.74, 6) is -0.415. The molecule has 0 aromatic heterocycles. The van der Waals surface area contributed by atoms with Crippen molar-refractivity contribution in [3.05, 3.63) is 23.3 Å². The molecule has 1 aromatic rings.